The van der Waals surface area contributed by atoms with Crippen LogP contribution in [0.5, 0.6) is 0 Å². The van der Waals surface area contributed by atoms with Crippen LogP contribution < -0.4 is 5.73 Å². The lowest BCUT2D eigenvalue weighted by Gasteiger charge is -2.35. The van der Waals surface area contributed by atoms with E-state index < -0.39 is 0 Å². The molecule has 3 rings (SSSR count). The van der Waals surface area contributed by atoms with E-state index in [9.17, 15) is 0 Å². The average molecular weight is 245 g/mol. The van der Waals surface area contributed by atoms with Gasteiger partial charge in [0.05, 0.1) is 0 Å². The zero-order valence-corrected chi connectivity index (χ0v) is 11.1. The molecule has 0 spiro atoms. The van der Waals surface area contributed by atoms with Crippen LogP contribution in [0.1, 0.15) is 18.9 Å². The quantitative estimate of drug-likeness (QED) is 0.867. The van der Waals surface area contributed by atoms with Gasteiger partial charge in [-0.15, -0.1) is 0 Å². The SMILES string of the molecule is CC(N)CN1CC2CC1CN2Cc1ccccc1. The van der Waals surface area contributed by atoms with Gasteiger partial charge >= 0.3 is 0 Å². The zero-order chi connectivity index (χ0) is 12.5. The van der Waals surface area contributed by atoms with Crippen LogP contribution in [0.15, 0.2) is 30.3 Å². The van der Waals surface area contributed by atoms with Crippen LogP contribution in [-0.2, 0) is 6.54 Å². The first-order chi connectivity index (χ1) is 8.72. The van der Waals surface area contributed by atoms with Crippen molar-refractivity contribution in [2.24, 2.45) is 5.73 Å². The molecule has 1 aromatic rings. The Hall–Kier alpha value is -0.900. The first-order valence-electron chi connectivity index (χ1n) is 7.00. The maximum absolute atomic E-state index is 5.91. The van der Waals surface area contributed by atoms with Crippen molar-refractivity contribution >= 4 is 0 Å². The Bertz CT molecular complexity index is 390. The fraction of sp³-hybridized carbons (Fsp3) is 0.600. The van der Waals surface area contributed by atoms with Gasteiger partial charge in [-0.05, 0) is 18.9 Å². The molecule has 0 radical (unpaired) electrons. The molecular formula is C15H23N3. The van der Waals surface area contributed by atoms with Crippen molar-refractivity contribution in [2.45, 2.75) is 38.0 Å². The second-order valence-corrected chi connectivity index (χ2v) is 5.89. The van der Waals surface area contributed by atoms with Gasteiger partial charge in [0.25, 0.3) is 0 Å². The topological polar surface area (TPSA) is 32.5 Å². The summed E-state index contributed by atoms with van der Waals surface area (Å²) in [5.41, 5.74) is 7.34. The highest BCUT2D eigenvalue weighted by Crippen LogP contribution is 2.31. The monoisotopic (exact) mass is 245 g/mol. The molecule has 2 aliphatic heterocycles. The number of nitrogens with two attached hydrogens (primary N) is 1. The summed E-state index contributed by atoms with van der Waals surface area (Å²) in [4.78, 5) is 5.22. The van der Waals surface area contributed by atoms with Crippen LogP contribution in [0, 0.1) is 0 Å². The number of nitrogens with zero attached hydrogens (tertiary/aromatic N) is 2. The van der Waals surface area contributed by atoms with Crippen LogP contribution in [0.25, 0.3) is 0 Å². The van der Waals surface area contributed by atoms with E-state index in [2.05, 4.69) is 47.1 Å². The molecule has 2 N–H and O–H groups in total. The molecule has 0 aliphatic carbocycles. The van der Waals surface area contributed by atoms with Crippen LogP contribution in [0.3, 0.4) is 0 Å². The van der Waals surface area contributed by atoms with Gasteiger partial charge in [0.2, 0.25) is 0 Å². The standard InChI is InChI=1S/C15H23N3/c1-12(16)8-17-10-15-7-14(17)11-18(15)9-13-5-3-2-4-6-13/h2-6,12,14-15H,7-11,16H2,1H3. The molecule has 3 atom stereocenters. The number of hydrogen-bond acceptors (Lipinski definition) is 3. The molecule has 1 aromatic carbocycles. The first-order valence-corrected chi connectivity index (χ1v) is 7.00. The summed E-state index contributed by atoms with van der Waals surface area (Å²) in [5.74, 6) is 0. The molecule has 2 saturated heterocycles. The molecule has 18 heavy (non-hydrogen) atoms. The summed E-state index contributed by atoms with van der Waals surface area (Å²) in [6, 6.07) is 12.6. The molecule has 3 nitrogen and oxygen atoms in total. The minimum absolute atomic E-state index is 0.298. The van der Waals surface area contributed by atoms with Gasteiger partial charge < -0.3 is 5.73 Å². The van der Waals surface area contributed by atoms with Crippen molar-refractivity contribution in [3.8, 4) is 0 Å². The molecule has 98 valence electrons. The molecule has 0 amide bonds. The Balaban J connectivity index is 1.58. The minimum atomic E-state index is 0.298. The third-order valence-corrected chi connectivity index (χ3v) is 4.22. The van der Waals surface area contributed by atoms with Gasteiger partial charge in [-0.2, -0.15) is 0 Å². The third kappa shape index (κ3) is 2.44. The summed E-state index contributed by atoms with van der Waals surface area (Å²) < 4.78 is 0. The molecule has 3 unspecified atom stereocenters. The molecule has 2 fully saturated rings. The normalized spacial score (nSPS) is 29.9. The van der Waals surface area contributed by atoms with E-state index >= 15 is 0 Å². The van der Waals surface area contributed by atoms with E-state index in [4.69, 9.17) is 5.73 Å². The number of rotatable bonds is 4. The Morgan fingerprint density at radius 3 is 2.44 bits per heavy atom. The largest absolute Gasteiger partial charge is 0.327 e. The minimum Gasteiger partial charge on any atom is -0.327 e. The molecule has 2 bridgehead atoms. The van der Waals surface area contributed by atoms with Crippen molar-refractivity contribution in [1.29, 1.82) is 0 Å². The number of fused-ring (bicyclic) bond motifs is 2. The maximum Gasteiger partial charge on any atom is 0.0242 e. The Morgan fingerprint density at radius 1 is 1.17 bits per heavy atom. The number of likely N-dealkylation sites (tertiary alicyclic amines) is 2. The highest BCUT2D eigenvalue weighted by atomic mass is 15.3. The predicted molar refractivity (Wildman–Crippen MR) is 74.3 cm³/mol. The van der Waals surface area contributed by atoms with E-state index in [-0.39, 0.29) is 0 Å². The summed E-state index contributed by atoms with van der Waals surface area (Å²) >= 11 is 0. The fourth-order valence-electron chi connectivity index (χ4n) is 3.44. The Labute approximate surface area is 110 Å². The van der Waals surface area contributed by atoms with E-state index in [0.717, 1.165) is 25.2 Å². The van der Waals surface area contributed by atoms with Crippen LogP contribution in [0.4, 0.5) is 0 Å². The first kappa shape index (κ1) is 12.2. The maximum atomic E-state index is 5.91. The van der Waals surface area contributed by atoms with Crippen molar-refractivity contribution in [3.63, 3.8) is 0 Å². The van der Waals surface area contributed by atoms with E-state index in [1.807, 2.05) is 0 Å². The number of hydrogen-bond donors (Lipinski definition) is 1. The van der Waals surface area contributed by atoms with Gasteiger partial charge in [-0.1, -0.05) is 30.3 Å². The van der Waals surface area contributed by atoms with Gasteiger partial charge in [0.1, 0.15) is 0 Å². The molecule has 0 saturated carbocycles. The third-order valence-electron chi connectivity index (χ3n) is 4.22. The summed E-state index contributed by atoms with van der Waals surface area (Å²) in [6.45, 7) is 6.69. The fourth-order valence-corrected chi connectivity index (χ4v) is 3.44. The Morgan fingerprint density at radius 2 is 1.83 bits per heavy atom. The van der Waals surface area contributed by atoms with Crippen molar-refractivity contribution in [2.75, 3.05) is 19.6 Å². The summed E-state index contributed by atoms with van der Waals surface area (Å²) in [6.07, 6.45) is 1.33. The van der Waals surface area contributed by atoms with Crippen LogP contribution in [-0.4, -0.2) is 47.6 Å². The lowest BCUT2D eigenvalue weighted by molar-refractivity contribution is 0.119. The second kappa shape index (κ2) is 5.00. The Kier molecular flexibility index (Phi) is 3.37. The second-order valence-electron chi connectivity index (χ2n) is 5.89. The van der Waals surface area contributed by atoms with Gasteiger partial charge in [0.15, 0.2) is 0 Å². The lowest BCUT2D eigenvalue weighted by atomic mass is 10.2. The number of piperazine rings is 1. The van der Waals surface area contributed by atoms with Crippen molar-refractivity contribution < 1.29 is 0 Å². The van der Waals surface area contributed by atoms with Gasteiger partial charge in [0, 0.05) is 44.3 Å². The lowest BCUT2D eigenvalue weighted by Crippen LogP contribution is -2.48. The molecule has 3 heteroatoms. The van der Waals surface area contributed by atoms with E-state index in [0.29, 0.717) is 6.04 Å². The molecule has 2 heterocycles. The average Bonchev–Trinajstić information content (AvgIpc) is 2.89. The van der Waals surface area contributed by atoms with E-state index in [1.54, 1.807) is 0 Å². The molecule has 0 aromatic heterocycles. The molecular weight excluding hydrogens is 222 g/mol. The number of benzene rings is 1. The molecule has 2 aliphatic rings. The smallest absolute Gasteiger partial charge is 0.0242 e. The highest BCUT2D eigenvalue weighted by Gasteiger charge is 2.42. The van der Waals surface area contributed by atoms with Gasteiger partial charge in [-0.3, -0.25) is 9.80 Å². The summed E-state index contributed by atoms with van der Waals surface area (Å²) in [7, 11) is 0. The van der Waals surface area contributed by atoms with Crippen molar-refractivity contribution in [1.82, 2.24) is 9.80 Å². The zero-order valence-electron chi connectivity index (χ0n) is 11.1. The van der Waals surface area contributed by atoms with Crippen LogP contribution >= 0.6 is 0 Å². The highest BCUT2D eigenvalue weighted by molar-refractivity contribution is 5.15. The van der Waals surface area contributed by atoms with Crippen molar-refractivity contribution in [3.05, 3.63) is 35.9 Å². The van der Waals surface area contributed by atoms with Gasteiger partial charge in [-0.25, -0.2) is 0 Å². The predicted octanol–water partition coefficient (Wildman–Crippen LogP) is 1.29. The van der Waals surface area contributed by atoms with E-state index in [1.165, 1.54) is 25.1 Å². The summed E-state index contributed by atoms with van der Waals surface area (Å²) in [5, 5.41) is 0. The van der Waals surface area contributed by atoms with Crippen LogP contribution in [0.2, 0.25) is 0 Å².